The molecule has 3 aromatic heterocycles. The highest BCUT2D eigenvalue weighted by Crippen LogP contribution is 2.43. The van der Waals surface area contributed by atoms with E-state index < -0.39 is 22.7 Å². The fraction of sp³-hybridized carbons (Fsp3) is 0.0556. The van der Waals surface area contributed by atoms with E-state index in [4.69, 9.17) is 23.2 Å². The molecular formula is C18H8Cl2F3N3OS3. The molecular weight excluding hydrogens is 498 g/mol. The molecule has 3 heterocycles. The Labute approximate surface area is 190 Å². The molecule has 0 aliphatic rings. The topological polar surface area (TPSA) is 54.9 Å². The van der Waals surface area contributed by atoms with E-state index in [1.165, 1.54) is 23.7 Å². The van der Waals surface area contributed by atoms with Crippen LogP contribution in [0.15, 0.2) is 51.3 Å². The van der Waals surface area contributed by atoms with Crippen LogP contribution < -0.4 is 5.32 Å². The zero-order chi connectivity index (χ0) is 21.5. The quantitative estimate of drug-likeness (QED) is 0.312. The Morgan fingerprint density at radius 3 is 2.57 bits per heavy atom. The van der Waals surface area contributed by atoms with Crippen molar-refractivity contribution < 1.29 is 18.0 Å². The van der Waals surface area contributed by atoms with Crippen molar-refractivity contribution in [1.29, 1.82) is 0 Å². The first-order valence-electron chi connectivity index (χ1n) is 8.06. The molecule has 0 saturated carbocycles. The highest BCUT2D eigenvalue weighted by molar-refractivity contribution is 8.01. The van der Waals surface area contributed by atoms with Gasteiger partial charge in [0.15, 0.2) is 10.0 Å². The van der Waals surface area contributed by atoms with Crippen LogP contribution in [0.4, 0.5) is 18.9 Å². The predicted octanol–water partition coefficient (Wildman–Crippen LogP) is 7.48. The van der Waals surface area contributed by atoms with Crippen molar-refractivity contribution in [3.63, 3.8) is 0 Å². The Morgan fingerprint density at radius 2 is 1.87 bits per heavy atom. The maximum atomic E-state index is 13.5. The lowest BCUT2D eigenvalue weighted by Crippen LogP contribution is -2.17. The van der Waals surface area contributed by atoms with Crippen LogP contribution in [0.5, 0.6) is 0 Å². The zero-order valence-corrected chi connectivity index (χ0v) is 18.4. The third-order valence-electron chi connectivity index (χ3n) is 3.80. The molecule has 1 amide bonds. The summed E-state index contributed by atoms with van der Waals surface area (Å²) in [6, 6.07) is 7.04. The second kappa shape index (κ2) is 8.35. The van der Waals surface area contributed by atoms with Crippen LogP contribution >= 0.6 is 57.6 Å². The number of amides is 1. The molecule has 0 saturated heterocycles. The molecule has 12 heteroatoms. The highest BCUT2D eigenvalue weighted by Gasteiger charge is 2.40. The van der Waals surface area contributed by atoms with Gasteiger partial charge < -0.3 is 5.32 Å². The first-order chi connectivity index (χ1) is 14.2. The molecule has 4 rings (SSSR count). The molecule has 1 aromatic carbocycles. The van der Waals surface area contributed by atoms with E-state index in [1.54, 1.807) is 18.2 Å². The second-order valence-electron chi connectivity index (χ2n) is 5.82. The number of hydrogen-bond acceptors (Lipinski definition) is 6. The van der Waals surface area contributed by atoms with E-state index in [0.29, 0.717) is 21.9 Å². The SMILES string of the molecule is O=C(Nc1ccc2ccsc2c1)c1sc(Sc2c(Cl)cncc2Cl)nc1C(F)(F)F. The number of thiophene rings is 1. The van der Waals surface area contributed by atoms with Gasteiger partial charge in [0.05, 0.1) is 14.9 Å². The molecule has 0 atom stereocenters. The number of thiazole rings is 1. The molecule has 0 spiro atoms. The Hall–Kier alpha value is -1.85. The van der Waals surface area contributed by atoms with Gasteiger partial charge in [-0.3, -0.25) is 9.78 Å². The number of carbonyl (C=O) groups excluding carboxylic acids is 1. The number of nitrogens with one attached hydrogen (secondary N) is 1. The monoisotopic (exact) mass is 505 g/mol. The number of carbonyl (C=O) groups is 1. The average molecular weight is 506 g/mol. The molecule has 0 aliphatic carbocycles. The number of pyridine rings is 1. The summed E-state index contributed by atoms with van der Waals surface area (Å²) in [6.45, 7) is 0. The summed E-state index contributed by atoms with van der Waals surface area (Å²) in [4.78, 5) is 19.8. The minimum atomic E-state index is -4.80. The van der Waals surface area contributed by atoms with Gasteiger partial charge in [0.25, 0.3) is 5.91 Å². The zero-order valence-electron chi connectivity index (χ0n) is 14.5. The van der Waals surface area contributed by atoms with E-state index in [2.05, 4.69) is 15.3 Å². The van der Waals surface area contributed by atoms with Crippen molar-refractivity contribution in [2.75, 3.05) is 5.32 Å². The fourth-order valence-electron chi connectivity index (χ4n) is 2.49. The van der Waals surface area contributed by atoms with Crippen molar-refractivity contribution in [2.24, 2.45) is 0 Å². The van der Waals surface area contributed by atoms with E-state index in [1.807, 2.05) is 11.4 Å². The van der Waals surface area contributed by atoms with Gasteiger partial charge in [-0.1, -0.05) is 41.0 Å². The molecule has 0 bridgehead atoms. The van der Waals surface area contributed by atoms with Crippen molar-refractivity contribution in [3.8, 4) is 0 Å². The summed E-state index contributed by atoms with van der Waals surface area (Å²) in [5, 5.41) is 5.74. The van der Waals surface area contributed by atoms with Crippen LogP contribution in [0.3, 0.4) is 0 Å². The van der Waals surface area contributed by atoms with E-state index in [0.717, 1.165) is 21.8 Å². The summed E-state index contributed by atoms with van der Waals surface area (Å²) in [5.74, 6) is -0.894. The van der Waals surface area contributed by atoms with Crippen LogP contribution in [0, 0.1) is 0 Å². The normalized spacial score (nSPS) is 11.8. The van der Waals surface area contributed by atoms with Crippen LogP contribution in [-0.2, 0) is 6.18 Å². The first kappa shape index (κ1) is 21.4. The number of hydrogen-bond donors (Lipinski definition) is 1. The third-order valence-corrected chi connectivity index (χ3v) is 7.73. The van der Waals surface area contributed by atoms with Gasteiger partial charge in [-0.2, -0.15) is 13.2 Å². The van der Waals surface area contributed by atoms with Gasteiger partial charge in [0.1, 0.15) is 4.88 Å². The van der Waals surface area contributed by atoms with Gasteiger partial charge >= 0.3 is 6.18 Å². The van der Waals surface area contributed by atoms with Crippen LogP contribution in [0.25, 0.3) is 10.1 Å². The average Bonchev–Trinajstić information content (AvgIpc) is 3.31. The van der Waals surface area contributed by atoms with Gasteiger partial charge in [-0.25, -0.2) is 4.98 Å². The number of benzene rings is 1. The second-order valence-corrected chi connectivity index (χ2v) is 9.84. The molecule has 154 valence electrons. The van der Waals surface area contributed by atoms with Crippen molar-refractivity contribution in [2.45, 2.75) is 15.4 Å². The lowest BCUT2D eigenvalue weighted by atomic mass is 10.2. The van der Waals surface area contributed by atoms with Crippen LogP contribution in [-0.4, -0.2) is 15.9 Å². The van der Waals surface area contributed by atoms with Gasteiger partial charge in [-0.15, -0.1) is 22.7 Å². The molecule has 30 heavy (non-hydrogen) atoms. The number of alkyl halides is 3. The summed E-state index contributed by atoms with van der Waals surface area (Å²) in [7, 11) is 0. The highest BCUT2D eigenvalue weighted by atomic mass is 35.5. The number of aromatic nitrogens is 2. The maximum absolute atomic E-state index is 13.5. The third kappa shape index (κ3) is 4.42. The summed E-state index contributed by atoms with van der Waals surface area (Å²) >= 11 is 15.0. The van der Waals surface area contributed by atoms with Crippen LogP contribution in [0.1, 0.15) is 15.4 Å². The predicted molar refractivity (Wildman–Crippen MR) is 115 cm³/mol. The van der Waals surface area contributed by atoms with Crippen molar-refractivity contribution >= 4 is 79.3 Å². The van der Waals surface area contributed by atoms with Gasteiger partial charge in [-0.05, 0) is 29.0 Å². The number of nitrogens with zero attached hydrogens (tertiary/aromatic N) is 2. The van der Waals surface area contributed by atoms with Gasteiger partial charge in [0.2, 0.25) is 0 Å². The fourth-order valence-corrected chi connectivity index (χ4v) is 5.91. The summed E-state index contributed by atoms with van der Waals surface area (Å²) < 4.78 is 41.4. The first-order valence-corrected chi connectivity index (χ1v) is 11.3. The smallest absolute Gasteiger partial charge is 0.321 e. The number of fused-ring (bicyclic) bond motifs is 1. The van der Waals surface area contributed by atoms with Crippen molar-refractivity contribution in [3.05, 3.63) is 62.7 Å². The summed E-state index contributed by atoms with van der Waals surface area (Å²) in [6.07, 6.45) is -2.16. The number of rotatable bonds is 4. The van der Waals surface area contributed by atoms with Gasteiger partial charge in [0, 0.05) is 22.8 Å². The Kier molecular flexibility index (Phi) is 5.95. The minimum absolute atomic E-state index is 0.0174. The Balaban J connectivity index is 1.66. The Morgan fingerprint density at radius 1 is 1.13 bits per heavy atom. The van der Waals surface area contributed by atoms with Crippen LogP contribution in [0.2, 0.25) is 10.0 Å². The molecule has 0 unspecified atom stereocenters. The minimum Gasteiger partial charge on any atom is -0.321 e. The Bertz CT molecular complexity index is 1240. The van der Waals surface area contributed by atoms with E-state index >= 15 is 0 Å². The van der Waals surface area contributed by atoms with Crippen molar-refractivity contribution in [1.82, 2.24) is 9.97 Å². The lowest BCUT2D eigenvalue weighted by molar-refractivity contribution is -0.141. The standard InChI is InChI=1S/C18H8Cl2F3N3OS3/c19-10-6-24-7-11(20)13(10)29-17-26-15(18(21,22)23)14(30-17)16(27)25-9-2-1-8-3-4-28-12(8)5-9/h1-7H,(H,25,27). The largest absolute Gasteiger partial charge is 0.435 e. The molecule has 0 radical (unpaired) electrons. The molecule has 4 nitrogen and oxygen atoms in total. The maximum Gasteiger partial charge on any atom is 0.435 e. The number of halogens is 5. The lowest BCUT2D eigenvalue weighted by Gasteiger charge is -2.07. The molecule has 4 aromatic rings. The molecule has 0 aliphatic heterocycles. The molecule has 1 N–H and O–H groups in total. The van der Waals surface area contributed by atoms with E-state index in [-0.39, 0.29) is 14.4 Å². The van der Waals surface area contributed by atoms with E-state index in [9.17, 15) is 18.0 Å². The summed E-state index contributed by atoms with van der Waals surface area (Å²) in [5.41, 5.74) is -0.864. The molecule has 0 fully saturated rings. The number of anilines is 1.